The van der Waals surface area contributed by atoms with E-state index in [9.17, 15) is 9.18 Å². The molecular formula is C23H19FN4O. The van der Waals surface area contributed by atoms with Gasteiger partial charge in [-0.25, -0.2) is 14.4 Å². The number of fused-ring (bicyclic) bond motifs is 1. The van der Waals surface area contributed by atoms with E-state index in [1.54, 1.807) is 12.1 Å². The predicted octanol–water partition coefficient (Wildman–Crippen LogP) is 5.00. The van der Waals surface area contributed by atoms with Crippen LogP contribution in [0.4, 0.5) is 15.9 Å². The summed E-state index contributed by atoms with van der Waals surface area (Å²) in [5.74, 6) is -0.136. The van der Waals surface area contributed by atoms with Gasteiger partial charge in [-0.3, -0.25) is 4.79 Å². The lowest BCUT2D eigenvalue weighted by Gasteiger charge is -2.15. The number of amides is 1. The second-order valence-corrected chi connectivity index (χ2v) is 6.65. The Balaban J connectivity index is 1.66. The Hall–Kier alpha value is -3.80. The summed E-state index contributed by atoms with van der Waals surface area (Å²) in [5, 5.41) is 6.86. The molecule has 4 aromatic rings. The van der Waals surface area contributed by atoms with Crippen molar-refractivity contribution in [2.75, 3.05) is 5.32 Å². The van der Waals surface area contributed by atoms with E-state index in [1.165, 1.54) is 12.1 Å². The van der Waals surface area contributed by atoms with Crippen molar-refractivity contribution in [2.24, 2.45) is 0 Å². The normalized spacial score (nSPS) is 11.8. The van der Waals surface area contributed by atoms with Crippen LogP contribution in [0.15, 0.2) is 78.9 Å². The number of nitrogens with zero attached hydrogens (tertiary/aromatic N) is 2. The van der Waals surface area contributed by atoms with E-state index in [0.717, 1.165) is 10.9 Å². The summed E-state index contributed by atoms with van der Waals surface area (Å²) in [6, 6.07) is 22.9. The van der Waals surface area contributed by atoms with Crippen LogP contribution < -0.4 is 10.6 Å². The minimum atomic E-state index is -0.366. The van der Waals surface area contributed by atoms with Crippen LogP contribution in [0.25, 0.3) is 10.9 Å². The molecule has 0 spiro atoms. The summed E-state index contributed by atoms with van der Waals surface area (Å²) in [5.41, 5.74) is 2.30. The Kier molecular flexibility index (Phi) is 5.16. The lowest BCUT2D eigenvalue weighted by atomic mass is 10.1. The highest BCUT2D eigenvalue weighted by molar-refractivity contribution is 5.97. The van der Waals surface area contributed by atoms with Gasteiger partial charge in [-0.1, -0.05) is 42.5 Å². The number of anilines is 2. The molecule has 0 fully saturated rings. The van der Waals surface area contributed by atoms with Gasteiger partial charge in [0.1, 0.15) is 11.6 Å². The molecule has 3 aromatic carbocycles. The molecule has 6 heteroatoms. The van der Waals surface area contributed by atoms with Crippen LogP contribution in [0.3, 0.4) is 0 Å². The summed E-state index contributed by atoms with van der Waals surface area (Å²) in [6.07, 6.45) is 0. The fourth-order valence-corrected chi connectivity index (χ4v) is 3.03. The van der Waals surface area contributed by atoms with Gasteiger partial charge < -0.3 is 10.6 Å². The van der Waals surface area contributed by atoms with Gasteiger partial charge in [0, 0.05) is 11.1 Å². The van der Waals surface area contributed by atoms with Crippen molar-refractivity contribution in [1.29, 1.82) is 0 Å². The first-order chi connectivity index (χ1) is 14.1. The van der Waals surface area contributed by atoms with Gasteiger partial charge >= 0.3 is 0 Å². The number of hydrogen-bond donors (Lipinski definition) is 2. The third kappa shape index (κ3) is 4.21. The van der Waals surface area contributed by atoms with Gasteiger partial charge in [-0.2, -0.15) is 0 Å². The SMILES string of the molecule is C[C@@H](NC(=O)c1nc(Nc2ccc(F)cc2)c2ccccc2n1)c1ccccc1. The first-order valence-electron chi connectivity index (χ1n) is 9.25. The molecule has 0 saturated carbocycles. The van der Waals surface area contributed by atoms with Gasteiger partial charge in [0.05, 0.1) is 11.6 Å². The lowest BCUT2D eigenvalue weighted by Crippen LogP contribution is -2.28. The first kappa shape index (κ1) is 18.6. The van der Waals surface area contributed by atoms with E-state index in [2.05, 4.69) is 20.6 Å². The number of rotatable bonds is 5. The number of aromatic nitrogens is 2. The highest BCUT2D eigenvalue weighted by Crippen LogP contribution is 2.24. The number of nitrogens with one attached hydrogen (secondary N) is 2. The molecule has 1 atom stereocenters. The van der Waals surface area contributed by atoms with Crippen molar-refractivity contribution in [3.05, 3.63) is 96.1 Å². The molecule has 0 aliphatic carbocycles. The number of carbonyl (C=O) groups excluding carboxylic acids is 1. The molecule has 0 unspecified atom stereocenters. The summed E-state index contributed by atoms with van der Waals surface area (Å²) in [7, 11) is 0. The Bertz CT molecular complexity index is 1150. The third-order valence-corrected chi connectivity index (χ3v) is 4.56. The molecule has 4 rings (SSSR count). The second-order valence-electron chi connectivity index (χ2n) is 6.65. The summed E-state index contributed by atoms with van der Waals surface area (Å²) < 4.78 is 13.2. The molecule has 0 saturated heterocycles. The largest absolute Gasteiger partial charge is 0.343 e. The highest BCUT2D eigenvalue weighted by atomic mass is 19.1. The molecule has 0 radical (unpaired) electrons. The molecular weight excluding hydrogens is 367 g/mol. The topological polar surface area (TPSA) is 66.9 Å². The third-order valence-electron chi connectivity index (χ3n) is 4.56. The maximum absolute atomic E-state index is 13.2. The van der Waals surface area contributed by atoms with Crippen molar-refractivity contribution in [1.82, 2.24) is 15.3 Å². The molecule has 1 aromatic heterocycles. The van der Waals surface area contributed by atoms with Gasteiger partial charge in [0.2, 0.25) is 5.82 Å². The van der Waals surface area contributed by atoms with Crippen LogP contribution in [0.5, 0.6) is 0 Å². The fourth-order valence-electron chi connectivity index (χ4n) is 3.03. The van der Waals surface area contributed by atoms with E-state index in [1.807, 2.05) is 61.5 Å². The smallest absolute Gasteiger partial charge is 0.289 e. The number of halogens is 1. The predicted molar refractivity (Wildman–Crippen MR) is 112 cm³/mol. The Labute approximate surface area is 167 Å². The zero-order valence-corrected chi connectivity index (χ0v) is 15.8. The molecule has 0 aliphatic heterocycles. The summed E-state index contributed by atoms with van der Waals surface area (Å²) in [6.45, 7) is 1.91. The van der Waals surface area contributed by atoms with Crippen LogP contribution in [0, 0.1) is 5.82 Å². The van der Waals surface area contributed by atoms with Crippen molar-refractivity contribution >= 4 is 28.3 Å². The molecule has 1 amide bonds. The van der Waals surface area contributed by atoms with Crippen LogP contribution in [-0.2, 0) is 0 Å². The zero-order valence-electron chi connectivity index (χ0n) is 15.8. The standard InChI is InChI=1S/C23H19FN4O/c1-15(16-7-3-2-4-8-16)25-23(29)22-27-20-10-6-5-9-19(20)21(28-22)26-18-13-11-17(24)12-14-18/h2-15H,1H3,(H,25,29)(H,26,27,28)/t15-/m1/s1. The Morgan fingerprint density at radius 2 is 1.59 bits per heavy atom. The van der Waals surface area contributed by atoms with E-state index in [0.29, 0.717) is 17.0 Å². The zero-order chi connectivity index (χ0) is 20.2. The van der Waals surface area contributed by atoms with Gasteiger partial charge in [0.25, 0.3) is 5.91 Å². The minimum Gasteiger partial charge on any atom is -0.343 e. The van der Waals surface area contributed by atoms with Crippen LogP contribution in [0.2, 0.25) is 0 Å². The van der Waals surface area contributed by atoms with Crippen molar-refractivity contribution in [2.45, 2.75) is 13.0 Å². The average Bonchev–Trinajstić information content (AvgIpc) is 2.75. The van der Waals surface area contributed by atoms with Gasteiger partial charge in [-0.15, -0.1) is 0 Å². The van der Waals surface area contributed by atoms with Crippen LogP contribution in [0.1, 0.15) is 29.1 Å². The summed E-state index contributed by atoms with van der Waals surface area (Å²) >= 11 is 0. The van der Waals surface area contributed by atoms with E-state index in [4.69, 9.17) is 0 Å². The highest BCUT2D eigenvalue weighted by Gasteiger charge is 2.17. The molecule has 144 valence electrons. The van der Waals surface area contributed by atoms with E-state index in [-0.39, 0.29) is 23.6 Å². The van der Waals surface area contributed by atoms with E-state index >= 15 is 0 Å². The van der Waals surface area contributed by atoms with Crippen LogP contribution in [-0.4, -0.2) is 15.9 Å². The monoisotopic (exact) mass is 386 g/mol. The maximum atomic E-state index is 13.2. The van der Waals surface area contributed by atoms with Gasteiger partial charge in [-0.05, 0) is 48.9 Å². The molecule has 2 N–H and O–H groups in total. The van der Waals surface area contributed by atoms with Crippen LogP contribution >= 0.6 is 0 Å². The lowest BCUT2D eigenvalue weighted by molar-refractivity contribution is 0.0930. The number of hydrogen-bond acceptors (Lipinski definition) is 4. The maximum Gasteiger partial charge on any atom is 0.289 e. The summed E-state index contributed by atoms with van der Waals surface area (Å²) in [4.78, 5) is 21.7. The number of carbonyl (C=O) groups is 1. The van der Waals surface area contributed by atoms with Crippen molar-refractivity contribution in [3.63, 3.8) is 0 Å². The molecule has 0 bridgehead atoms. The minimum absolute atomic E-state index is 0.0658. The Morgan fingerprint density at radius 3 is 2.34 bits per heavy atom. The fraction of sp³-hybridized carbons (Fsp3) is 0.0870. The molecule has 29 heavy (non-hydrogen) atoms. The first-order valence-corrected chi connectivity index (χ1v) is 9.25. The van der Waals surface area contributed by atoms with E-state index < -0.39 is 0 Å². The second kappa shape index (κ2) is 8.06. The molecule has 1 heterocycles. The van der Waals surface area contributed by atoms with Crippen molar-refractivity contribution < 1.29 is 9.18 Å². The number of benzene rings is 3. The number of para-hydroxylation sites is 1. The molecule has 5 nitrogen and oxygen atoms in total. The van der Waals surface area contributed by atoms with Gasteiger partial charge in [0.15, 0.2) is 0 Å². The average molecular weight is 386 g/mol. The van der Waals surface area contributed by atoms with Crippen molar-refractivity contribution in [3.8, 4) is 0 Å². The Morgan fingerprint density at radius 1 is 0.897 bits per heavy atom. The molecule has 0 aliphatic rings. The quantitative estimate of drug-likeness (QED) is 0.506.